The molecule has 3 heterocycles. The molecule has 1 saturated heterocycles. The van der Waals surface area contributed by atoms with Crippen LogP contribution >= 0.6 is 0 Å². The van der Waals surface area contributed by atoms with Gasteiger partial charge in [-0.1, -0.05) is 12.1 Å². The first-order chi connectivity index (χ1) is 13.1. The SMILES string of the molecule is Cc1cc(C)n2ncc(C(=O)Nc3cccc(CN4CCOCC4)c3)c2n1. The van der Waals surface area contributed by atoms with E-state index < -0.39 is 0 Å². The summed E-state index contributed by atoms with van der Waals surface area (Å²) in [7, 11) is 0. The monoisotopic (exact) mass is 365 g/mol. The number of hydrogen-bond donors (Lipinski definition) is 1. The Morgan fingerprint density at radius 3 is 2.85 bits per heavy atom. The molecule has 7 heteroatoms. The van der Waals surface area contributed by atoms with Crippen molar-refractivity contribution in [3.8, 4) is 0 Å². The van der Waals surface area contributed by atoms with Crippen LogP contribution in [0.2, 0.25) is 0 Å². The maximum atomic E-state index is 12.8. The van der Waals surface area contributed by atoms with Gasteiger partial charge in [-0.15, -0.1) is 0 Å². The minimum atomic E-state index is -0.203. The zero-order valence-electron chi connectivity index (χ0n) is 15.6. The van der Waals surface area contributed by atoms with E-state index in [0.29, 0.717) is 11.2 Å². The van der Waals surface area contributed by atoms with Crippen molar-refractivity contribution in [2.24, 2.45) is 0 Å². The van der Waals surface area contributed by atoms with Gasteiger partial charge in [0.05, 0.1) is 19.4 Å². The molecule has 1 amide bonds. The fourth-order valence-electron chi connectivity index (χ4n) is 3.39. The molecule has 1 aliphatic rings. The van der Waals surface area contributed by atoms with Gasteiger partial charge in [-0.05, 0) is 37.6 Å². The summed E-state index contributed by atoms with van der Waals surface area (Å²) < 4.78 is 7.09. The number of aromatic nitrogens is 3. The van der Waals surface area contributed by atoms with E-state index in [-0.39, 0.29) is 5.91 Å². The van der Waals surface area contributed by atoms with E-state index in [0.717, 1.165) is 49.9 Å². The number of benzene rings is 1. The van der Waals surface area contributed by atoms with Crippen LogP contribution in [-0.2, 0) is 11.3 Å². The van der Waals surface area contributed by atoms with Gasteiger partial charge in [-0.2, -0.15) is 5.10 Å². The van der Waals surface area contributed by atoms with Crippen molar-refractivity contribution in [1.82, 2.24) is 19.5 Å². The quantitative estimate of drug-likeness (QED) is 0.769. The Labute approximate surface area is 158 Å². The fraction of sp³-hybridized carbons (Fsp3) is 0.350. The normalized spacial score (nSPS) is 15.2. The predicted octanol–water partition coefficient (Wildman–Crippen LogP) is 2.43. The number of hydrogen-bond acceptors (Lipinski definition) is 5. The highest BCUT2D eigenvalue weighted by molar-refractivity contribution is 6.08. The molecule has 1 aliphatic heterocycles. The number of morpholine rings is 1. The summed E-state index contributed by atoms with van der Waals surface area (Å²) in [6, 6.07) is 9.90. The number of fused-ring (bicyclic) bond motifs is 1. The van der Waals surface area contributed by atoms with Crippen molar-refractivity contribution in [2.75, 3.05) is 31.6 Å². The van der Waals surface area contributed by atoms with E-state index in [1.54, 1.807) is 10.7 Å². The summed E-state index contributed by atoms with van der Waals surface area (Å²) in [5.41, 5.74) is 4.80. The van der Waals surface area contributed by atoms with Crippen LogP contribution in [0.4, 0.5) is 5.69 Å². The first-order valence-corrected chi connectivity index (χ1v) is 9.12. The average Bonchev–Trinajstić information content (AvgIpc) is 3.07. The van der Waals surface area contributed by atoms with Crippen LogP contribution in [0.15, 0.2) is 36.5 Å². The molecule has 0 unspecified atom stereocenters. The van der Waals surface area contributed by atoms with Gasteiger partial charge >= 0.3 is 0 Å². The Morgan fingerprint density at radius 1 is 1.22 bits per heavy atom. The molecule has 0 radical (unpaired) electrons. The van der Waals surface area contributed by atoms with Gasteiger partial charge in [-0.25, -0.2) is 9.50 Å². The number of carbonyl (C=O) groups excluding carboxylic acids is 1. The van der Waals surface area contributed by atoms with Gasteiger partial charge in [0.25, 0.3) is 5.91 Å². The third kappa shape index (κ3) is 3.84. The van der Waals surface area contributed by atoms with Crippen LogP contribution in [0.1, 0.15) is 27.3 Å². The molecule has 1 N–H and O–H groups in total. The Kier molecular flexibility index (Phi) is 4.87. The third-order valence-corrected chi connectivity index (χ3v) is 4.72. The topological polar surface area (TPSA) is 71.8 Å². The average molecular weight is 365 g/mol. The Bertz CT molecular complexity index is 976. The van der Waals surface area contributed by atoms with Crippen molar-refractivity contribution in [1.29, 1.82) is 0 Å². The molecule has 0 saturated carbocycles. The van der Waals surface area contributed by atoms with Gasteiger partial charge in [0.2, 0.25) is 0 Å². The van der Waals surface area contributed by atoms with Gasteiger partial charge < -0.3 is 10.1 Å². The summed E-state index contributed by atoms with van der Waals surface area (Å²) in [6.45, 7) is 8.13. The van der Waals surface area contributed by atoms with E-state index in [9.17, 15) is 4.79 Å². The largest absolute Gasteiger partial charge is 0.379 e. The maximum Gasteiger partial charge on any atom is 0.261 e. The number of amides is 1. The molecule has 1 fully saturated rings. The molecule has 0 spiro atoms. The van der Waals surface area contributed by atoms with Crippen LogP contribution < -0.4 is 5.32 Å². The van der Waals surface area contributed by atoms with Crippen molar-refractivity contribution in [2.45, 2.75) is 20.4 Å². The Hall–Kier alpha value is -2.77. The first-order valence-electron chi connectivity index (χ1n) is 9.12. The second-order valence-electron chi connectivity index (χ2n) is 6.88. The molecule has 0 aliphatic carbocycles. The molecule has 0 atom stereocenters. The molecule has 2 aromatic heterocycles. The molecular formula is C20H23N5O2. The molecular weight excluding hydrogens is 342 g/mol. The third-order valence-electron chi connectivity index (χ3n) is 4.72. The number of anilines is 1. The van der Waals surface area contributed by atoms with Crippen molar-refractivity contribution < 1.29 is 9.53 Å². The minimum absolute atomic E-state index is 0.203. The highest BCUT2D eigenvalue weighted by Gasteiger charge is 2.16. The van der Waals surface area contributed by atoms with E-state index in [1.807, 2.05) is 38.1 Å². The highest BCUT2D eigenvalue weighted by atomic mass is 16.5. The van der Waals surface area contributed by atoms with Crippen LogP contribution in [0.5, 0.6) is 0 Å². The number of nitrogens with one attached hydrogen (secondary N) is 1. The predicted molar refractivity (Wildman–Crippen MR) is 103 cm³/mol. The van der Waals surface area contributed by atoms with Gasteiger partial charge in [0.15, 0.2) is 5.65 Å². The van der Waals surface area contributed by atoms with Gasteiger partial charge in [-0.3, -0.25) is 9.69 Å². The summed E-state index contributed by atoms with van der Waals surface area (Å²) in [6.07, 6.45) is 1.57. The molecule has 1 aromatic carbocycles. The summed E-state index contributed by atoms with van der Waals surface area (Å²) in [4.78, 5) is 19.6. The second-order valence-corrected chi connectivity index (χ2v) is 6.88. The lowest BCUT2D eigenvalue weighted by atomic mass is 10.1. The van der Waals surface area contributed by atoms with Crippen molar-refractivity contribution in [3.05, 3.63) is 59.0 Å². The van der Waals surface area contributed by atoms with E-state index in [4.69, 9.17) is 4.74 Å². The number of carbonyl (C=O) groups is 1. The molecule has 3 aromatic rings. The highest BCUT2D eigenvalue weighted by Crippen LogP contribution is 2.17. The summed E-state index contributed by atoms with van der Waals surface area (Å²) in [5.74, 6) is -0.203. The number of rotatable bonds is 4. The van der Waals surface area contributed by atoms with E-state index >= 15 is 0 Å². The van der Waals surface area contributed by atoms with Gasteiger partial charge in [0, 0.05) is 36.7 Å². The van der Waals surface area contributed by atoms with E-state index in [1.165, 1.54) is 5.56 Å². The van der Waals surface area contributed by atoms with Crippen LogP contribution in [0, 0.1) is 13.8 Å². The van der Waals surface area contributed by atoms with Crippen LogP contribution in [-0.4, -0.2) is 51.7 Å². The lowest BCUT2D eigenvalue weighted by Crippen LogP contribution is -2.35. The van der Waals surface area contributed by atoms with Crippen molar-refractivity contribution >= 4 is 17.2 Å². The van der Waals surface area contributed by atoms with Gasteiger partial charge in [0.1, 0.15) is 5.56 Å². The molecule has 0 bridgehead atoms. The second kappa shape index (κ2) is 7.46. The number of aryl methyl sites for hydroxylation is 2. The zero-order chi connectivity index (χ0) is 18.8. The molecule has 27 heavy (non-hydrogen) atoms. The number of ether oxygens (including phenoxy) is 1. The Morgan fingerprint density at radius 2 is 2.04 bits per heavy atom. The lowest BCUT2D eigenvalue weighted by Gasteiger charge is -2.26. The Balaban J connectivity index is 1.52. The standard InChI is InChI=1S/C20H23N5O2/c1-14-10-15(2)25-19(22-14)18(12-21-25)20(26)23-17-5-3-4-16(11-17)13-24-6-8-27-9-7-24/h3-5,10-12H,6-9,13H2,1-2H3,(H,23,26). The van der Waals surface area contributed by atoms with Crippen LogP contribution in [0.3, 0.4) is 0 Å². The van der Waals surface area contributed by atoms with E-state index in [2.05, 4.69) is 26.4 Å². The molecule has 4 rings (SSSR count). The first kappa shape index (κ1) is 17.6. The molecule has 7 nitrogen and oxygen atoms in total. The summed E-state index contributed by atoms with van der Waals surface area (Å²) in [5, 5.41) is 7.27. The lowest BCUT2D eigenvalue weighted by molar-refractivity contribution is 0.0342. The zero-order valence-corrected chi connectivity index (χ0v) is 15.6. The maximum absolute atomic E-state index is 12.8. The summed E-state index contributed by atoms with van der Waals surface area (Å²) >= 11 is 0. The van der Waals surface area contributed by atoms with Crippen LogP contribution in [0.25, 0.3) is 5.65 Å². The molecule has 140 valence electrons. The minimum Gasteiger partial charge on any atom is -0.379 e. The smallest absolute Gasteiger partial charge is 0.261 e. The van der Waals surface area contributed by atoms with Crippen molar-refractivity contribution in [3.63, 3.8) is 0 Å². The number of nitrogens with zero attached hydrogens (tertiary/aromatic N) is 4. The fourth-order valence-corrected chi connectivity index (χ4v) is 3.39.